The Labute approximate surface area is 163 Å². The van der Waals surface area contributed by atoms with Crippen LogP contribution in [-0.4, -0.2) is 45.2 Å². The number of ether oxygens (including phenoxy) is 2. The predicted molar refractivity (Wildman–Crippen MR) is 103 cm³/mol. The molecule has 0 aliphatic heterocycles. The van der Waals surface area contributed by atoms with Crippen molar-refractivity contribution in [3.8, 4) is 11.5 Å². The van der Waals surface area contributed by atoms with Gasteiger partial charge in [-0.25, -0.2) is 0 Å². The lowest BCUT2D eigenvalue weighted by atomic mass is 10.2. The summed E-state index contributed by atoms with van der Waals surface area (Å²) in [4.78, 5) is 23.5. The Kier molecular flexibility index (Phi) is 8.11. The zero-order valence-electron chi connectivity index (χ0n) is 15.9. The summed E-state index contributed by atoms with van der Waals surface area (Å²) >= 11 is 0. The van der Waals surface area contributed by atoms with Gasteiger partial charge in [0.05, 0.1) is 45.4 Å². The average molecular weight is 387 g/mol. The van der Waals surface area contributed by atoms with Crippen molar-refractivity contribution in [2.24, 2.45) is 0 Å². The summed E-state index contributed by atoms with van der Waals surface area (Å²) in [5, 5.41) is 18.8. The van der Waals surface area contributed by atoms with Crippen LogP contribution in [0.1, 0.15) is 6.42 Å². The number of methoxy groups -OCH3 is 2. The van der Waals surface area contributed by atoms with E-state index >= 15 is 0 Å². The minimum atomic E-state index is -1.28. The quantitative estimate of drug-likeness (QED) is 0.461. The third kappa shape index (κ3) is 6.48. The van der Waals surface area contributed by atoms with Crippen LogP contribution in [0.2, 0.25) is 0 Å². The van der Waals surface area contributed by atoms with Gasteiger partial charge in [0.1, 0.15) is 17.5 Å². The molecule has 8 heteroatoms. The molecule has 0 saturated heterocycles. The first-order valence-corrected chi connectivity index (χ1v) is 8.88. The number of aliphatic carboxylic acids is 1. The predicted octanol–water partition coefficient (Wildman–Crippen LogP) is -0.174. The number of rotatable bonds is 11. The number of quaternary nitrogens is 1. The molecule has 1 amide bonds. The van der Waals surface area contributed by atoms with Gasteiger partial charge in [0.15, 0.2) is 0 Å². The highest BCUT2D eigenvalue weighted by molar-refractivity contribution is 5.93. The van der Waals surface area contributed by atoms with Gasteiger partial charge in [-0.05, 0) is 36.4 Å². The maximum atomic E-state index is 12.1. The fourth-order valence-electron chi connectivity index (χ4n) is 2.63. The van der Waals surface area contributed by atoms with Crippen LogP contribution < -0.4 is 30.5 Å². The van der Waals surface area contributed by atoms with Crippen LogP contribution in [0.4, 0.5) is 11.4 Å². The Bertz CT molecular complexity index is 780. The molecule has 0 bridgehead atoms. The van der Waals surface area contributed by atoms with E-state index in [0.717, 1.165) is 5.69 Å². The summed E-state index contributed by atoms with van der Waals surface area (Å²) < 4.78 is 10.3. The zero-order chi connectivity index (χ0) is 20.4. The van der Waals surface area contributed by atoms with E-state index in [1.807, 2.05) is 24.3 Å². The topological polar surface area (TPSA) is 116 Å². The highest BCUT2D eigenvalue weighted by Gasteiger charge is 2.18. The summed E-state index contributed by atoms with van der Waals surface area (Å²) in [6.45, 7) is 0.955. The van der Waals surface area contributed by atoms with E-state index in [-0.39, 0.29) is 6.42 Å². The number of benzene rings is 2. The van der Waals surface area contributed by atoms with Gasteiger partial charge in [-0.3, -0.25) is 4.79 Å². The van der Waals surface area contributed by atoms with Crippen molar-refractivity contribution in [2.75, 3.05) is 37.9 Å². The number of para-hydroxylation sites is 2. The van der Waals surface area contributed by atoms with Gasteiger partial charge >= 0.3 is 0 Å². The third-order valence-corrected chi connectivity index (χ3v) is 4.10. The van der Waals surface area contributed by atoms with Gasteiger partial charge in [0.25, 0.3) is 0 Å². The van der Waals surface area contributed by atoms with Crippen molar-refractivity contribution in [1.82, 2.24) is 0 Å². The van der Waals surface area contributed by atoms with Gasteiger partial charge in [-0.1, -0.05) is 12.1 Å². The lowest BCUT2D eigenvalue weighted by Gasteiger charge is -2.17. The molecule has 1 atom stereocenters. The van der Waals surface area contributed by atoms with Crippen molar-refractivity contribution in [3.63, 3.8) is 0 Å². The molecule has 0 saturated carbocycles. The van der Waals surface area contributed by atoms with Gasteiger partial charge in [0.2, 0.25) is 5.91 Å². The Morgan fingerprint density at radius 1 is 1.07 bits per heavy atom. The number of carbonyl (C=O) groups excluding carboxylic acids is 2. The first-order valence-electron chi connectivity index (χ1n) is 8.88. The van der Waals surface area contributed by atoms with E-state index in [9.17, 15) is 14.7 Å². The van der Waals surface area contributed by atoms with E-state index in [0.29, 0.717) is 30.3 Å². The number of nitrogens with two attached hydrogens (primary N) is 1. The fraction of sp³-hybridized carbons (Fsp3) is 0.300. The first kappa shape index (κ1) is 21.0. The summed E-state index contributed by atoms with van der Waals surface area (Å²) in [5.41, 5.74) is 1.39. The van der Waals surface area contributed by atoms with Crippen molar-refractivity contribution in [2.45, 2.75) is 12.5 Å². The summed E-state index contributed by atoms with van der Waals surface area (Å²) in [5.74, 6) is -0.296. The second kappa shape index (κ2) is 10.8. The molecule has 0 fully saturated rings. The number of amides is 1. The lowest BCUT2D eigenvalue weighted by molar-refractivity contribution is -0.680. The van der Waals surface area contributed by atoms with Gasteiger partial charge in [-0.15, -0.1) is 0 Å². The first-order chi connectivity index (χ1) is 13.5. The highest BCUT2D eigenvalue weighted by atomic mass is 16.5. The molecule has 0 radical (unpaired) electrons. The van der Waals surface area contributed by atoms with Crippen LogP contribution in [0.15, 0.2) is 48.5 Å². The standard InChI is InChI=1S/C20H25N3O5/c1-27-15-9-7-14(8-10-15)23-19(24)13-17(20(25)26)22-12-11-21-16-5-3-4-6-18(16)28-2/h3-10,17,21-22H,11-13H2,1-2H3,(H,23,24)(H,25,26)/t17-/m0/s1. The van der Waals surface area contributed by atoms with E-state index in [1.54, 1.807) is 43.8 Å². The molecule has 0 aliphatic carbocycles. The number of hydrogen-bond acceptors (Lipinski definition) is 6. The molecule has 4 N–H and O–H groups in total. The number of carboxylic acid groups (broad SMARTS) is 1. The number of hydrogen-bond donors (Lipinski definition) is 3. The summed E-state index contributed by atoms with van der Waals surface area (Å²) in [6, 6.07) is 13.3. The maximum absolute atomic E-state index is 12.1. The molecular weight excluding hydrogens is 362 g/mol. The normalized spacial score (nSPS) is 11.4. The Hall–Kier alpha value is -3.26. The monoisotopic (exact) mass is 387 g/mol. The second-order valence-electron chi connectivity index (χ2n) is 6.06. The Balaban J connectivity index is 1.80. The molecule has 0 aliphatic rings. The number of carboxylic acids is 1. The minimum absolute atomic E-state index is 0.191. The average Bonchev–Trinajstić information content (AvgIpc) is 2.70. The largest absolute Gasteiger partial charge is 0.544 e. The highest BCUT2D eigenvalue weighted by Crippen LogP contribution is 2.22. The number of nitrogens with one attached hydrogen (secondary N) is 2. The molecule has 2 aromatic carbocycles. The van der Waals surface area contributed by atoms with E-state index in [4.69, 9.17) is 9.47 Å². The van der Waals surface area contributed by atoms with Crippen molar-refractivity contribution in [3.05, 3.63) is 48.5 Å². The van der Waals surface area contributed by atoms with E-state index in [2.05, 4.69) is 10.6 Å². The molecule has 150 valence electrons. The van der Waals surface area contributed by atoms with Gasteiger partial charge < -0.3 is 35.3 Å². The molecule has 0 unspecified atom stereocenters. The molecule has 0 spiro atoms. The Morgan fingerprint density at radius 2 is 1.79 bits per heavy atom. The van der Waals surface area contributed by atoms with Crippen LogP contribution in [0.5, 0.6) is 11.5 Å². The molecule has 2 rings (SSSR count). The smallest absolute Gasteiger partial charge is 0.230 e. The van der Waals surface area contributed by atoms with Crippen LogP contribution in [0, 0.1) is 0 Å². The van der Waals surface area contributed by atoms with E-state index < -0.39 is 17.9 Å². The van der Waals surface area contributed by atoms with Crippen molar-refractivity contribution < 1.29 is 29.5 Å². The fourth-order valence-corrected chi connectivity index (χ4v) is 2.63. The zero-order valence-corrected chi connectivity index (χ0v) is 15.9. The van der Waals surface area contributed by atoms with E-state index in [1.165, 1.54) is 0 Å². The summed E-state index contributed by atoms with van der Waals surface area (Å²) in [6.07, 6.45) is -0.191. The SMILES string of the molecule is COc1ccc(NC(=O)C[C@H]([NH2+]CCNc2ccccc2OC)C(=O)[O-])cc1. The molecular formula is C20H25N3O5. The minimum Gasteiger partial charge on any atom is -0.544 e. The molecule has 0 aromatic heterocycles. The number of anilines is 2. The molecule has 28 heavy (non-hydrogen) atoms. The lowest BCUT2D eigenvalue weighted by Crippen LogP contribution is -2.94. The van der Waals surface area contributed by atoms with Gasteiger partial charge in [0, 0.05) is 5.69 Å². The summed E-state index contributed by atoms with van der Waals surface area (Å²) in [7, 11) is 3.14. The Morgan fingerprint density at radius 3 is 2.43 bits per heavy atom. The van der Waals surface area contributed by atoms with Crippen LogP contribution in [0.25, 0.3) is 0 Å². The van der Waals surface area contributed by atoms with Crippen LogP contribution in [0.3, 0.4) is 0 Å². The third-order valence-electron chi connectivity index (χ3n) is 4.10. The van der Waals surface area contributed by atoms with Crippen molar-refractivity contribution >= 4 is 23.3 Å². The van der Waals surface area contributed by atoms with Crippen molar-refractivity contribution in [1.29, 1.82) is 0 Å². The van der Waals surface area contributed by atoms with Crippen LogP contribution >= 0.6 is 0 Å². The second-order valence-corrected chi connectivity index (χ2v) is 6.06. The molecule has 0 heterocycles. The van der Waals surface area contributed by atoms with Crippen LogP contribution in [-0.2, 0) is 9.59 Å². The molecule has 2 aromatic rings. The molecule has 8 nitrogen and oxygen atoms in total. The number of carbonyl (C=O) groups is 2. The van der Waals surface area contributed by atoms with Gasteiger partial charge in [-0.2, -0.15) is 0 Å². The maximum Gasteiger partial charge on any atom is 0.230 e.